The zero-order valence-corrected chi connectivity index (χ0v) is 12.9. The predicted molar refractivity (Wildman–Crippen MR) is 80.6 cm³/mol. The van der Waals surface area contributed by atoms with Gasteiger partial charge in [-0.3, -0.25) is 0 Å². The fourth-order valence-corrected chi connectivity index (χ4v) is 1.71. The van der Waals surface area contributed by atoms with Gasteiger partial charge in [0.05, 0.1) is 0 Å². The first-order chi connectivity index (χ1) is 8.92. The van der Waals surface area contributed by atoms with Gasteiger partial charge in [0.1, 0.15) is 5.82 Å². The van der Waals surface area contributed by atoms with Crippen molar-refractivity contribution in [1.82, 2.24) is 10.3 Å². The smallest absolute Gasteiger partial charge is 0.128 e. The number of anilines is 1. The fourth-order valence-electron chi connectivity index (χ4n) is 1.71. The molecule has 0 unspecified atom stereocenters. The third-order valence-corrected chi connectivity index (χ3v) is 2.87. The number of nitrogens with one attached hydrogen (secondary N) is 1. The molecule has 1 rings (SSSR count). The fraction of sp³-hybridized carbons (Fsp3) is 0.667. The quantitative estimate of drug-likeness (QED) is 0.768. The third-order valence-electron chi connectivity index (χ3n) is 2.87. The van der Waals surface area contributed by atoms with Crippen molar-refractivity contribution in [2.24, 2.45) is 0 Å². The monoisotopic (exact) mass is 265 g/mol. The van der Waals surface area contributed by atoms with Gasteiger partial charge in [-0.25, -0.2) is 4.98 Å². The summed E-state index contributed by atoms with van der Waals surface area (Å²) in [5, 5.41) is 3.49. The molecule has 0 amide bonds. The van der Waals surface area contributed by atoms with Gasteiger partial charge in [0, 0.05) is 45.6 Å². The molecule has 0 saturated heterocycles. The van der Waals surface area contributed by atoms with E-state index in [9.17, 15) is 0 Å². The molecule has 19 heavy (non-hydrogen) atoms. The summed E-state index contributed by atoms with van der Waals surface area (Å²) in [4.78, 5) is 6.59. The second kappa shape index (κ2) is 7.46. The van der Waals surface area contributed by atoms with Crippen molar-refractivity contribution in [3.8, 4) is 0 Å². The third kappa shape index (κ3) is 6.55. The molecule has 0 atom stereocenters. The van der Waals surface area contributed by atoms with Crippen molar-refractivity contribution in [3.63, 3.8) is 0 Å². The molecule has 4 nitrogen and oxygen atoms in total. The Hall–Kier alpha value is -1.13. The number of rotatable bonds is 7. The van der Waals surface area contributed by atoms with Crippen molar-refractivity contribution in [2.45, 2.75) is 39.3 Å². The first-order valence-electron chi connectivity index (χ1n) is 6.82. The molecule has 1 N–H and O–H groups in total. The van der Waals surface area contributed by atoms with E-state index in [-0.39, 0.29) is 5.54 Å². The van der Waals surface area contributed by atoms with Crippen molar-refractivity contribution < 1.29 is 4.74 Å². The Morgan fingerprint density at radius 1 is 1.37 bits per heavy atom. The Morgan fingerprint density at radius 3 is 2.74 bits per heavy atom. The molecule has 0 fully saturated rings. The summed E-state index contributed by atoms with van der Waals surface area (Å²) >= 11 is 0. The van der Waals surface area contributed by atoms with Gasteiger partial charge >= 0.3 is 0 Å². The van der Waals surface area contributed by atoms with Crippen LogP contribution >= 0.6 is 0 Å². The van der Waals surface area contributed by atoms with E-state index in [2.05, 4.69) is 55.2 Å². The number of methoxy groups -OCH3 is 1. The average Bonchev–Trinajstić information content (AvgIpc) is 2.36. The molecule has 1 heterocycles. The Bertz CT molecular complexity index is 374. The molecule has 0 aliphatic carbocycles. The molecule has 1 aromatic heterocycles. The Balaban J connectivity index is 2.56. The van der Waals surface area contributed by atoms with E-state index in [1.54, 1.807) is 7.11 Å². The standard InChI is InChI=1S/C15H27N3O/c1-15(2,3)17-12-13-7-8-16-14(11-13)18(4)9-6-10-19-5/h7-8,11,17H,6,9-10,12H2,1-5H3. The SMILES string of the molecule is COCCCN(C)c1cc(CNC(C)(C)C)ccn1. The van der Waals surface area contributed by atoms with Crippen molar-refractivity contribution in [1.29, 1.82) is 0 Å². The summed E-state index contributed by atoms with van der Waals surface area (Å²) in [7, 11) is 3.80. The maximum absolute atomic E-state index is 5.07. The second-order valence-corrected chi connectivity index (χ2v) is 5.89. The minimum atomic E-state index is 0.133. The van der Waals surface area contributed by atoms with Crippen LogP contribution < -0.4 is 10.2 Å². The van der Waals surface area contributed by atoms with Crippen molar-refractivity contribution in [3.05, 3.63) is 23.9 Å². The van der Waals surface area contributed by atoms with Gasteiger partial charge < -0.3 is 15.0 Å². The summed E-state index contributed by atoms with van der Waals surface area (Å²) in [6.45, 7) is 9.13. The highest BCUT2D eigenvalue weighted by atomic mass is 16.5. The molecule has 0 spiro atoms. The van der Waals surface area contributed by atoms with Crippen LogP contribution in [0.25, 0.3) is 0 Å². The number of ether oxygens (including phenoxy) is 1. The highest BCUT2D eigenvalue weighted by molar-refractivity contribution is 5.39. The van der Waals surface area contributed by atoms with Crippen LogP contribution in [0.1, 0.15) is 32.8 Å². The largest absolute Gasteiger partial charge is 0.385 e. The lowest BCUT2D eigenvalue weighted by Gasteiger charge is -2.22. The molecular weight excluding hydrogens is 238 g/mol. The molecule has 0 aliphatic heterocycles. The van der Waals surface area contributed by atoms with Crippen LogP contribution in [-0.4, -0.2) is 37.8 Å². The summed E-state index contributed by atoms with van der Waals surface area (Å²) < 4.78 is 5.07. The summed E-state index contributed by atoms with van der Waals surface area (Å²) in [5.41, 5.74) is 1.40. The lowest BCUT2D eigenvalue weighted by Crippen LogP contribution is -2.35. The zero-order chi connectivity index (χ0) is 14.3. The first kappa shape index (κ1) is 15.9. The number of hydrogen-bond donors (Lipinski definition) is 1. The molecule has 1 aromatic rings. The van der Waals surface area contributed by atoms with Crippen LogP contribution in [0, 0.1) is 0 Å². The highest BCUT2D eigenvalue weighted by Gasteiger charge is 2.09. The van der Waals surface area contributed by atoms with Gasteiger partial charge in [-0.15, -0.1) is 0 Å². The second-order valence-electron chi connectivity index (χ2n) is 5.89. The first-order valence-corrected chi connectivity index (χ1v) is 6.82. The summed E-state index contributed by atoms with van der Waals surface area (Å²) in [6.07, 6.45) is 2.89. The number of aromatic nitrogens is 1. The lowest BCUT2D eigenvalue weighted by molar-refractivity contribution is 0.196. The van der Waals surface area contributed by atoms with Crippen molar-refractivity contribution in [2.75, 3.05) is 32.2 Å². The van der Waals surface area contributed by atoms with Gasteiger partial charge in [0.2, 0.25) is 0 Å². The van der Waals surface area contributed by atoms with Gasteiger partial charge in [-0.05, 0) is 44.9 Å². The molecule has 0 saturated carbocycles. The predicted octanol–water partition coefficient (Wildman–Crippen LogP) is 2.44. The van der Waals surface area contributed by atoms with Crippen LogP contribution in [0.15, 0.2) is 18.3 Å². The van der Waals surface area contributed by atoms with Crippen LogP contribution in [-0.2, 0) is 11.3 Å². The zero-order valence-electron chi connectivity index (χ0n) is 12.9. The maximum Gasteiger partial charge on any atom is 0.128 e. The molecule has 0 bridgehead atoms. The van der Waals surface area contributed by atoms with Gasteiger partial charge in [-0.1, -0.05) is 0 Å². The Labute approximate surface area is 117 Å². The topological polar surface area (TPSA) is 37.4 Å². The maximum atomic E-state index is 5.07. The molecule has 0 radical (unpaired) electrons. The van der Waals surface area contributed by atoms with E-state index >= 15 is 0 Å². The van der Waals surface area contributed by atoms with E-state index in [1.807, 2.05) is 6.20 Å². The van der Waals surface area contributed by atoms with Gasteiger partial charge in [-0.2, -0.15) is 0 Å². The van der Waals surface area contributed by atoms with E-state index in [0.29, 0.717) is 0 Å². The van der Waals surface area contributed by atoms with E-state index in [1.165, 1.54) is 5.56 Å². The van der Waals surface area contributed by atoms with Crippen LogP contribution in [0.2, 0.25) is 0 Å². The minimum absolute atomic E-state index is 0.133. The van der Waals surface area contributed by atoms with Gasteiger partial charge in [0.15, 0.2) is 0 Å². The molecule has 108 valence electrons. The molecule has 4 heteroatoms. The van der Waals surface area contributed by atoms with Crippen LogP contribution in [0.3, 0.4) is 0 Å². The van der Waals surface area contributed by atoms with Crippen LogP contribution in [0.4, 0.5) is 5.82 Å². The molecular formula is C15H27N3O. The summed E-state index contributed by atoms with van der Waals surface area (Å²) in [6, 6.07) is 4.21. The average molecular weight is 265 g/mol. The van der Waals surface area contributed by atoms with E-state index in [0.717, 1.165) is 31.9 Å². The highest BCUT2D eigenvalue weighted by Crippen LogP contribution is 2.12. The number of pyridine rings is 1. The van der Waals surface area contributed by atoms with E-state index < -0.39 is 0 Å². The minimum Gasteiger partial charge on any atom is -0.385 e. The van der Waals surface area contributed by atoms with Gasteiger partial charge in [0.25, 0.3) is 0 Å². The van der Waals surface area contributed by atoms with Crippen LogP contribution in [0.5, 0.6) is 0 Å². The Morgan fingerprint density at radius 2 is 2.11 bits per heavy atom. The summed E-state index contributed by atoms with van der Waals surface area (Å²) in [5.74, 6) is 1.02. The number of nitrogens with zero attached hydrogens (tertiary/aromatic N) is 2. The normalized spacial score (nSPS) is 11.6. The molecule has 0 aromatic carbocycles. The Kier molecular flexibility index (Phi) is 6.25. The van der Waals surface area contributed by atoms with E-state index in [4.69, 9.17) is 4.74 Å². The molecule has 0 aliphatic rings. The van der Waals surface area contributed by atoms with Crippen molar-refractivity contribution >= 4 is 5.82 Å². The number of hydrogen-bond acceptors (Lipinski definition) is 4. The lowest BCUT2D eigenvalue weighted by atomic mass is 10.1.